The summed E-state index contributed by atoms with van der Waals surface area (Å²) < 4.78 is 0. The molecule has 2 unspecified atom stereocenters. The van der Waals surface area contributed by atoms with Crippen molar-refractivity contribution >= 4 is 11.7 Å². The van der Waals surface area contributed by atoms with Crippen molar-refractivity contribution < 1.29 is 4.79 Å². The van der Waals surface area contributed by atoms with E-state index in [0.717, 1.165) is 12.2 Å². The van der Waals surface area contributed by atoms with Gasteiger partial charge in [0.1, 0.15) is 0 Å². The fourth-order valence-corrected chi connectivity index (χ4v) is 2.91. The van der Waals surface area contributed by atoms with Crippen LogP contribution < -0.4 is 16.0 Å². The molecule has 1 aliphatic carbocycles. The van der Waals surface area contributed by atoms with Gasteiger partial charge in [0, 0.05) is 20.1 Å². The summed E-state index contributed by atoms with van der Waals surface area (Å²) in [6, 6.07) is 3.96. The predicted molar refractivity (Wildman–Crippen MR) is 78.6 cm³/mol. The van der Waals surface area contributed by atoms with Crippen LogP contribution in [0.25, 0.3) is 0 Å². The molecule has 1 aromatic rings. The van der Waals surface area contributed by atoms with Crippen LogP contribution in [-0.2, 0) is 0 Å². The van der Waals surface area contributed by atoms with E-state index in [1.54, 1.807) is 13.1 Å². The molecule has 6 nitrogen and oxygen atoms in total. The summed E-state index contributed by atoms with van der Waals surface area (Å²) in [4.78, 5) is 13.6. The number of carbonyl (C=O) groups is 1. The van der Waals surface area contributed by atoms with Gasteiger partial charge in [0.05, 0.1) is 0 Å². The molecule has 1 aromatic heterocycles. The van der Waals surface area contributed by atoms with Crippen LogP contribution in [0.1, 0.15) is 36.2 Å². The Morgan fingerprint density at radius 1 is 1.40 bits per heavy atom. The molecule has 110 valence electrons. The van der Waals surface area contributed by atoms with Gasteiger partial charge in [0.15, 0.2) is 11.5 Å². The van der Waals surface area contributed by atoms with E-state index in [-0.39, 0.29) is 5.91 Å². The molecular weight excluding hydrogens is 254 g/mol. The van der Waals surface area contributed by atoms with Crippen LogP contribution in [0.3, 0.4) is 0 Å². The average Bonchev–Trinajstić information content (AvgIpc) is 2.53. The molecule has 6 heteroatoms. The van der Waals surface area contributed by atoms with Crippen molar-refractivity contribution in [2.45, 2.75) is 31.7 Å². The van der Waals surface area contributed by atoms with Gasteiger partial charge in [-0.15, -0.1) is 10.2 Å². The lowest BCUT2D eigenvalue weighted by atomic mass is 9.84. The third-order valence-corrected chi connectivity index (χ3v) is 4.14. The Kier molecular flexibility index (Phi) is 4.89. The molecule has 3 N–H and O–H groups in total. The molecule has 2 atom stereocenters. The Bertz CT molecular complexity index is 447. The molecule has 1 saturated carbocycles. The highest BCUT2D eigenvalue weighted by Gasteiger charge is 2.28. The SMILES string of the molecule is CNC(=O)c1ccc(N(C)C2CCCCC2CN)nn1. The number of nitrogens with one attached hydrogen (secondary N) is 1. The molecule has 0 radical (unpaired) electrons. The first-order valence-corrected chi connectivity index (χ1v) is 7.16. The van der Waals surface area contributed by atoms with Gasteiger partial charge in [-0.25, -0.2) is 0 Å². The average molecular weight is 277 g/mol. The summed E-state index contributed by atoms with van der Waals surface area (Å²) in [7, 11) is 3.61. The lowest BCUT2D eigenvalue weighted by molar-refractivity contribution is 0.0957. The van der Waals surface area contributed by atoms with Gasteiger partial charge in [-0.05, 0) is 37.4 Å². The Labute approximate surface area is 119 Å². The summed E-state index contributed by atoms with van der Waals surface area (Å²) in [5, 5.41) is 10.7. The third-order valence-electron chi connectivity index (χ3n) is 4.14. The summed E-state index contributed by atoms with van der Waals surface area (Å²) in [6.07, 6.45) is 4.80. The molecule has 1 heterocycles. The van der Waals surface area contributed by atoms with Crippen LogP contribution in [0, 0.1) is 5.92 Å². The van der Waals surface area contributed by atoms with Crippen LogP contribution in [-0.4, -0.2) is 42.8 Å². The second kappa shape index (κ2) is 6.65. The fourth-order valence-electron chi connectivity index (χ4n) is 2.91. The molecule has 1 amide bonds. The number of aromatic nitrogens is 2. The molecule has 1 aliphatic rings. The van der Waals surface area contributed by atoms with Gasteiger partial charge in [0.2, 0.25) is 0 Å². The molecule has 0 spiro atoms. The Hall–Kier alpha value is -1.69. The topological polar surface area (TPSA) is 84.1 Å². The number of anilines is 1. The minimum atomic E-state index is -0.218. The lowest BCUT2D eigenvalue weighted by Gasteiger charge is -2.37. The van der Waals surface area contributed by atoms with Crippen LogP contribution in [0.15, 0.2) is 12.1 Å². The zero-order valence-corrected chi connectivity index (χ0v) is 12.2. The van der Waals surface area contributed by atoms with Crippen molar-refractivity contribution in [3.63, 3.8) is 0 Å². The molecule has 0 aromatic carbocycles. The Morgan fingerprint density at radius 3 is 2.75 bits per heavy atom. The number of rotatable bonds is 4. The van der Waals surface area contributed by atoms with E-state index < -0.39 is 0 Å². The summed E-state index contributed by atoms with van der Waals surface area (Å²) in [5.74, 6) is 1.08. The number of hydrogen-bond acceptors (Lipinski definition) is 5. The largest absolute Gasteiger partial charge is 0.355 e. The van der Waals surface area contributed by atoms with Gasteiger partial charge < -0.3 is 16.0 Å². The molecule has 2 rings (SSSR count). The normalized spacial score (nSPS) is 22.4. The third kappa shape index (κ3) is 3.07. The van der Waals surface area contributed by atoms with E-state index in [1.165, 1.54) is 19.3 Å². The summed E-state index contributed by atoms with van der Waals surface area (Å²) >= 11 is 0. The monoisotopic (exact) mass is 277 g/mol. The zero-order chi connectivity index (χ0) is 14.5. The van der Waals surface area contributed by atoms with Crippen molar-refractivity contribution in [1.82, 2.24) is 15.5 Å². The van der Waals surface area contributed by atoms with E-state index in [0.29, 0.717) is 24.2 Å². The van der Waals surface area contributed by atoms with Gasteiger partial charge in [0.25, 0.3) is 5.91 Å². The summed E-state index contributed by atoms with van der Waals surface area (Å²) in [6.45, 7) is 0.707. The first-order valence-electron chi connectivity index (χ1n) is 7.16. The van der Waals surface area contributed by atoms with Crippen molar-refractivity contribution in [2.24, 2.45) is 11.7 Å². The van der Waals surface area contributed by atoms with Gasteiger partial charge >= 0.3 is 0 Å². The van der Waals surface area contributed by atoms with E-state index >= 15 is 0 Å². The molecule has 0 bridgehead atoms. The fraction of sp³-hybridized carbons (Fsp3) is 0.643. The highest BCUT2D eigenvalue weighted by atomic mass is 16.1. The number of amides is 1. The smallest absolute Gasteiger partial charge is 0.271 e. The van der Waals surface area contributed by atoms with Crippen LogP contribution in [0.2, 0.25) is 0 Å². The predicted octanol–water partition coefficient (Wildman–Crippen LogP) is 0.790. The minimum Gasteiger partial charge on any atom is -0.355 e. The van der Waals surface area contributed by atoms with E-state index in [4.69, 9.17) is 5.73 Å². The van der Waals surface area contributed by atoms with E-state index in [2.05, 4.69) is 20.4 Å². The van der Waals surface area contributed by atoms with Crippen molar-refractivity contribution in [1.29, 1.82) is 0 Å². The number of nitrogens with two attached hydrogens (primary N) is 1. The van der Waals surface area contributed by atoms with Crippen molar-refractivity contribution in [3.8, 4) is 0 Å². The highest BCUT2D eigenvalue weighted by molar-refractivity contribution is 5.91. The first-order chi connectivity index (χ1) is 9.67. The second-order valence-electron chi connectivity index (χ2n) is 5.31. The number of nitrogens with zero attached hydrogens (tertiary/aromatic N) is 3. The maximum absolute atomic E-state index is 11.5. The highest BCUT2D eigenvalue weighted by Crippen LogP contribution is 2.29. The standard InChI is InChI=1S/C14H23N5O/c1-16-14(20)11-7-8-13(18-17-11)19(2)12-6-4-3-5-10(12)9-15/h7-8,10,12H,3-6,9,15H2,1-2H3,(H,16,20). The Morgan fingerprint density at radius 2 is 2.15 bits per heavy atom. The van der Waals surface area contributed by atoms with Crippen LogP contribution in [0.5, 0.6) is 0 Å². The quantitative estimate of drug-likeness (QED) is 0.850. The molecule has 0 saturated heterocycles. The van der Waals surface area contributed by atoms with Crippen LogP contribution >= 0.6 is 0 Å². The van der Waals surface area contributed by atoms with E-state index in [9.17, 15) is 4.79 Å². The van der Waals surface area contributed by atoms with Crippen molar-refractivity contribution in [3.05, 3.63) is 17.8 Å². The van der Waals surface area contributed by atoms with Gasteiger partial charge in [-0.1, -0.05) is 12.8 Å². The Balaban J connectivity index is 2.11. The minimum absolute atomic E-state index is 0.218. The second-order valence-corrected chi connectivity index (χ2v) is 5.31. The number of carbonyl (C=O) groups excluding carboxylic acids is 1. The molecule has 20 heavy (non-hydrogen) atoms. The van der Waals surface area contributed by atoms with Gasteiger partial charge in [-0.3, -0.25) is 4.79 Å². The van der Waals surface area contributed by atoms with Crippen molar-refractivity contribution in [2.75, 3.05) is 25.5 Å². The number of hydrogen-bond donors (Lipinski definition) is 2. The summed E-state index contributed by atoms with van der Waals surface area (Å²) in [5.41, 5.74) is 6.21. The maximum Gasteiger partial charge on any atom is 0.271 e. The molecular formula is C14H23N5O. The van der Waals surface area contributed by atoms with E-state index in [1.807, 2.05) is 13.1 Å². The zero-order valence-electron chi connectivity index (χ0n) is 12.2. The molecule has 0 aliphatic heterocycles. The first kappa shape index (κ1) is 14.7. The molecule has 1 fully saturated rings. The lowest BCUT2D eigenvalue weighted by Crippen LogP contribution is -2.43. The van der Waals surface area contributed by atoms with Gasteiger partial charge in [-0.2, -0.15) is 0 Å². The maximum atomic E-state index is 11.5. The van der Waals surface area contributed by atoms with Crippen LogP contribution in [0.4, 0.5) is 5.82 Å².